The fourth-order valence-electron chi connectivity index (χ4n) is 2.76. The van der Waals surface area contributed by atoms with Crippen molar-refractivity contribution in [3.63, 3.8) is 0 Å². The van der Waals surface area contributed by atoms with Crippen molar-refractivity contribution >= 4 is 45.8 Å². The van der Waals surface area contributed by atoms with Crippen molar-refractivity contribution in [2.45, 2.75) is 27.2 Å². The molecular formula is C21H20ClFN2O3. The summed E-state index contributed by atoms with van der Waals surface area (Å²) >= 11 is 5.76. The highest BCUT2D eigenvalue weighted by Gasteiger charge is 2.24. The topological polar surface area (TPSA) is 71.3 Å². The summed E-state index contributed by atoms with van der Waals surface area (Å²) in [6.45, 7) is 5.85. The second kappa shape index (κ2) is 7.64. The number of hydrogen-bond donors (Lipinski definition) is 2. The molecule has 0 radical (unpaired) electrons. The van der Waals surface area contributed by atoms with Gasteiger partial charge in [0, 0.05) is 17.5 Å². The van der Waals surface area contributed by atoms with E-state index in [-0.39, 0.29) is 28.5 Å². The van der Waals surface area contributed by atoms with Crippen LogP contribution in [0.5, 0.6) is 0 Å². The average molecular weight is 403 g/mol. The third-order valence-corrected chi connectivity index (χ3v) is 4.22. The molecule has 3 aromatic rings. The van der Waals surface area contributed by atoms with Crippen molar-refractivity contribution in [1.82, 2.24) is 0 Å². The summed E-state index contributed by atoms with van der Waals surface area (Å²) in [6.07, 6.45) is 0.279. The Kier molecular flexibility index (Phi) is 5.42. The number of rotatable bonds is 4. The average Bonchev–Trinajstić information content (AvgIpc) is 2.95. The predicted octanol–water partition coefficient (Wildman–Crippen LogP) is 5.85. The van der Waals surface area contributed by atoms with Crippen molar-refractivity contribution in [3.05, 3.63) is 59.1 Å². The van der Waals surface area contributed by atoms with Gasteiger partial charge in [0.15, 0.2) is 0 Å². The number of furan rings is 1. The van der Waals surface area contributed by atoms with Gasteiger partial charge in [-0.1, -0.05) is 44.5 Å². The van der Waals surface area contributed by atoms with Crippen molar-refractivity contribution in [1.29, 1.82) is 0 Å². The van der Waals surface area contributed by atoms with E-state index in [2.05, 4.69) is 10.6 Å². The number of benzene rings is 2. The molecule has 0 spiro atoms. The number of fused-ring (bicyclic) bond motifs is 1. The van der Waals surface area contributed by atoms with Crippen molar-refractivity contribution < 1.29 is 18.4 Å². The zero-order chi connectivity index (χ0) is 20.5. The van der Waals surface area contributed by atoms with Crippen LogP contribution in [0, 0.1) is 11.2 Å². The van der Waals surface area contributed by atoms with E-state index in [1.807, 2.05) is 20.8 Å². The standard InChI is InChI=1S/C21H20ClFN2O3/c1-21(2,3)11-17(26)25-18-13-6-4-5-7-16(13)28-19(18)20(27)24-12-8-9-15(23)14(22)10-12/h4-10H,11H2,1-3H3,(H,24,27)(H,25,26). The Labute approximate surface area is 166 Å². The van der Waals surface area contributed by atoms with Crippen molar-refractivity contribution in [2.24, 2.45) is 5.41 Å². The first kappa shape index (κ1) is 19.9. The van der Waals surface area contributed by atoms with E-state index in [4.69, 9.17) is 16.0 Å². The molecule has 0 saturated heterocycles. The molecule has 0 fully saturated rings. The van der Waals surface area contributed by atoms with Crippen LogP contribution in [0.3, 0.4) is 0 Å². The zero-order valence-electron chi connectivity index (χ0n) is 15.7. The van der Waals surface area contributed by atoms with Gasteiger partial charge in [0.25, 0.3) is 5.91 Å². The maximum atomic E-state index is 13.3. The minimum absolute atomic E-state index is 0.0380. The molecule has 2 aromatic carbocycles. The molecule has 0 aliphatic rings. The quantitative estimate of drug-likeness (QED) is 0.574. The summed E-state index contributed by atoms with van der Waals surface area (Å²) in [4.78, 5) is 25.2. The van der Waals surface area contributed by atoms with E-state index in [9.17, 15) is 14.0 Å². The zero-order valence-corrected chi connectivity index (χ0v) is 16.5. The molecular weight excluding hydrogens is 383 g/mol. The molecule has 0 saturated carbocycles. The first-order chi connectivity index (χ1) is 13.1. The van der Waals surface area contributed by atoms with Gasteiger partial charge in [-0.3, -0.25) is 9.59 Å². The maximum absolute atomic E-state index is 13.3. The van der Waals surface area contributed by atoms with Crippen LogP contribution in [0.1, 0.15) is 37.7 Å². The Morgan fingerprint density at radius 1 is 1.11 bits per heavy atom. The van der Waals surface area contributed by atoms with Crippen LogP contribution in [-0.4, -0.2) is 11.8 Å². The van der Waals surface area contributed by atoms with Gasteiger partial charge in [-0.25, -0.2) is 4.39 Å². The number of halogens is 2. The lowest BCUT2D eigenvalue weighted by molar-refractivity contribution is -0.117. The minimum atomic E-state index is -0.585. The normalized spacial score (nSPS) is 11.5. The fourth-order valence-corrected chi connectivity index (χ4v) is 2.94. The molecule has 7 heteroatoms. The van der Waals surface area contributed by atoms with Crippen molar-refractivity contribution in [2.75, 3.05) is 10.6 Å². The Hall–Kier alpha value is -2.86. The van der Waals surface area contributed by atoms with Crippen molar-refractivity contribution in [3.8, 4) is 0 Å². The predicted molar refractivity (Wildman–Crippen MR) is 108 cm³/mol. The first-order valence-corrected chi connectivity index (χ1v) is 9.09. The summed E-state index contributed by atoms with van der Waals surface area (Å²) < 4.78 is 19.0. The molecule has 1 heterocycles. The van der Waals surface area contributed by atoms with Crippen LogP contribution in [0.25, 0.3) is 11.0 Å². The minimum Gasteiger partial charge on any atom is -0.449 e. The van der Waals surface area contributed by atoms with Crippen LogP contribution >= 0.6 is 11.6 Å². The highest BCUT2D eigenvalue weighted by Crippen LogP contribution is 2.32. The van der Waals surface area contributed by atoms with Gasteiger partial charge in [-0.2, -0.15) is 0 Å². The highest BCUT2D eigenvalue weighted by molar-refractivity contribution is 6.31. The summed E-state index contributed by atoms with van der Waals surface area (Å²) in [5, 5.41) is 5.92. The molecule has 3 rings (SSSR count). The first-order valence-electron chi connectivity index (χ1n) is 8.72. The molecule has 28 heavy (non-hydrogen) atoms. The van der Waals surface area contributed by atoms with E-state index in [0.717, 1.165) is 6.07 Å². The van der Waals surface area contributed by atoms with Crippen LogP contribution in [0.4, 0.5) is 15.8 Å². The second-order valence-corrected chi connectivity index (χ2v) is 8.08. The molecule has 0 atom stereocenters. The molecule has 0 aliphatic heterocycles. The van der Waals surface area contributed by atoms with Crippen LogP contribution in [0.15, 0.2) is 46.9 Å². The number of nitrogens with one attached hydrogen (secondary N) is 2. The second-order valence-electron chi connectivity index (χ2n) is 7.67. The monoisotopic (exact) mass is 402 g/mol. The van der Waals surface area contributed by atoms with Crippen LogP contribution in [-0.2, 0) is 4.79 Å². The third-order valence-electron chi connectivity index (χ3n) is 3.93. The molecule has 2 N–H and O–H groups in total. The summed E-state index contributed by atoms with van der Waals surface area (Å²) in [5.41, 5.74) is 0.868. The van der Waals surface area contributed by atoms with E-state index < -0.39 is 11.7 Å². The molecule has 0 bridgehead atoms. The Balaban J connectivity index is 1.94. The largest absolute Gasteiger partial charge is 0.449 e. The lowest BCUT2D eigenvalue weighted by Gasteiger charge is -2.17. The number of carbonyl (C=O) groups excluding carboxylic acids is 2. The summed E-state index contributed by atoms with van der Waals surface area (Å²) in [7, 11) is 0. The summed E-state index contributed by atoms with van der Waals surface area (Å²) in [5.74, 6) is -1.43. The molecule has 2 amide bonds. The Morgan fingerprint density at radius 3 is 2.50 bits per heavy atom. The lowest BCUT2D eigenvalue weighted by atomic mass is 9.92. The highest BCUT2D eigenvalue weighted by atomic mass is 35.5. The molecule has 0 unspecified atom stereocenters. The van der Waals surface area contributed by atoms with Gasteiger partial charge in [-0.05, 0) is 35.7 Å². The van der Waals surface area contributed by atoms with Crippen LogP contribution < -0.4 is 10.6 Å². The van der Waals surface area contributed by atoms with E-state index in [1.165, 1.54) is 12.1 Å². The molecule has 146 valence electrons. The SMILES string of the molecule is CC(C)(C)CC(=O)Nc1c(C(=O)Nc2ccc(F)c(Cl)c2)oc2ccccc12. The smallest absolute Gasteiger partial charge is 0.293 e. The van der Waals surface area contributed by atoms with Gasteiger partial charge in [0.05, 0.1) is 5.02 Å². The van der Waals surface area contributed by atoms with E-state index >= 15 is 0 Å². The number of hydrogen-bond acceptors (Lipinski definition) is 3. The van der Waals surface area contributed by atoms with Gasteiger partial charge >= 0.3 is 0 Å². The van der Waals surface area contributed by atoms with Gasteiger partial charge in [0.2, 0.25) is 11.7 Å². The fraction of sp³-hybridized carbons (Fsp3) is 0.238. The molecule has 5 nitrogen and oxygen atoms in total. The molecule has 0 aliphatic carbocycles. The number of amides is 2. The van der Waals surface area contributed by atoms with Gasteiger partial charge < -0.3 is 15.1 Å². The summed E-state index contributed by atoms with van der Waals surface area (Å²) in [6, 6.07) is 10.9. The Bertz CT molecular complexity index is 1050. The van der Waals surface area contributed by atoms with E-state index in [1.54, 1.807) is 24.3 Å². The maximum Gasteiger partial charge on any atom is 0.293 e. The van der Waals surface area contributed by atoms with Gasteiger partial charge in [0.1, 0.15) is 17.1 Å². The Morgan fingerprint density at radius 2 is 1.82 bits per heavy atom. The van der Waals surface area contributed by atoms with Gasteiger partial charge in [-0.15, -0.1) is 0 Å². The van der Waals surface area contributed by atoms with Crippen LogP contribution in [0.2, 0.25) is 5.02 Å². The number of anilines is 2. The lowest BCUT2D eigenvalue weighted by Crippen LogP contribution is -2.21. The number of para-hydroxylation sites is 1. The number of carbonyl (C=O) groups is 2. The third kappa shape index (κ3) is 4.51. The molecule has 1 aromatic heterocycles. The van der Waals surface area contributed by atoms with E-state index in [0.29, 0.717) is 22.3 Å².